The first kappa shape index (κ1) is 19.0. The number of amides is 1. The van der Waals surface area contributed by atoms with Crippen LogP contribution in [0, 0.1) is 11.6 Å². The Bertz CT molecular complexity index is 793. The van der Waals surface area contributed by atoms with Gasteiger partial charge in [0.05, 0.1) is 25.5 Å². The second-order valence-electron chi connectivity index (χ2n) is 6.31. The van der Waals surface area contributed by atoms with Gasteiger partial charge in [0, 0.05) is 24.5 Å². The van der Waals surface area contributed by atoms with Gasteiger partial charge < -0.3 is 19.6 Å². The molecule has 2 heterocycles. The zero-order chi connectivity index (χ0) is 19.6. The van der Waals surface area contributed by atoms with Crippen LogP contribution in [0.25, 0.3) is 0 Å². The molecule has 1 aromatic rings. The van der Waals surface area contributed by atoms with E-state index in [-0.39, 0.29) is 30.7 Å². The molecular weight excluding hydrogens is 362 g/mol. The van der Waals surface area contributed by atoms with Gasteiger partial charge in [0.15, 0.2) is 6.10 Å². The average molecular weight is 380 g/mol. The van der Waals surface area contributed by atoms with Crippen LogP contribution < -0.4 is 5.32 Å². The fourth-order valence-corrected chi connectivity index (χ4v) is 2.98. The maximum absolute atomic E-state index is 13.4. The van der Waals surface area contributed by atoms with Crippen molar-refractivity contribution in [1.29, 1.82) is 0 Å². The van der Waals surface area contributed by atoms with E-state index >= 15 is 0 Å². The van der Waals surface area contributed by atoms with E-state index in [1.54, 1.807) is 0 Å². The highest BCUT2D eigenvalue weighted by atomic mass is 19.1. The van der Waals surface area contributed by atoms with Gasteiger partial charge in [-0.05, 0) is 18.2 Å². The molecule has 27 heavy (non-hydrogen) atoms. The molecule has 2 aliphatic rings. The largest absolute Gasteiger partial charge is 0.467 e. The normalized spacial score (nSPS) is 26.9. The van der Waals surface area contributed by atoms with Crippen molar-refractivity contribution in [3.05, 3.63) is 48.1 Å². The molecule has 2 aliphatic heterocycles. The highest BCUT2D eigenvalue weighted by Crippen LogP contribution is 2.29. The zero-order valence-corrected chi connectivity index (χ0v) is 14.5. The van der Waals surface area contributed by atoms with Gasteiger partial charge in [0.25, 0.3) is 5.91 Å². The van der Waals surface area contributed by atoms with Crippen LogP contribution in [0.4, 0.5) is 8.78 Å². The lowest BCUT2D eigenvalue weighted by Gasteiger charge is -2.23. The standard InChI is InChI=1S/C18H18F2N2O5/c1-3-18(17(24)21-13-7-15(26-9-13)16(23)25-2)8-14(22-27-18)10-4-11(19)6-12(20)5-10/h3-6,13,15H,1,7-9H2,2H3,(H,21,24)/t13?,15-,18-/m1/s1. The number of rotatable bonds is 5. The molecule has 0 aromatic heterocycles. The molecular formula is C18H18F2N2O5. The summed E-state index contributed by atoms with van der Waals surface area (Å²) in [5.41, 5.74) is -1.11. The molecule has 0 aliphatic carbocycles. The molecule has 9 heteroatoms. The minimum Gasteiger partial charge on any atom is -0.467 e. The molecule has 1 N–H and O–H groups in total. The number of nitrogens with zero attached hydrogens (tertiary/aromatic N) is 1. The molecule has 1 unspecified atom stereocenters. The molecule has 1 fully saturated rings. The molecule has 7 nitrogen and oxygen atoms in total. The lowest BCUT2D eigenvalue weighted by Crippen LogP contribution is -2.49. The molecule has 1 aromatic carbocycles. The predicted octanol–water partition coefficient (Wildman–Crippen LogP) is 1.46. The maximum Gasteiger partial charge on any atom is 0.335 e. The quantitative estimate of drug-likeness (QED) is 0.617. The van der Waals surface area contributed by atoms with Gasteiger partial charge in [0.2, 0.25) is 5.60 Å². The van der Waals surface area contributed by atoms with Crippen molar-refractivity contribution in [3.63, 3.8) is 0 Å². The van der Waals surface area contributed by atoms with E-state index in [1.807, 2.05) is 0 Å². The third-order valence-electron chi connectivity index (χ3n) is 4.46. The van der Waals surface area contributed by atoms with Crippen molar-refractivity contribution in [1.82, 2.24) is 5.32 Å². The molecule has 3 rings (SSSR count). The van der Waals surface area contributed by atoms with Crippen LogP contribution in [0.5, 0.6) is 0 Å². The Morgan fingerprint density at radius 1 is 1.37 bits per heavy atom. The molecule has 0 spiro atoms. The highest BCUT2D eigenvalue weighted by Gasteiger charge is 2.46. The minimum atomic E-state index is -1.51. The number of hydrogen-bond donors (Lipinski definition) is 1. The molecule has 3 atom stereocenters. The van der Waals surface area contributed by atoms with E-state index in [9.17, 15) is 18.4 Å². The monoisotopic (exact) mass is 380 g/mol. The molecule has 1 amide bonds. The Morgan fingerprint density at radius 2 is 2.07 bits per heavy atom. The number of carbonyl (C=O) groups is 2. The summed E-state index contributed by atoms with van der Waals surface area (Å²) in [6, 6.07) is 2.53. The topological polar surface area (TPSA) is 86.2 Å². The van der Waals surface area contributed by atoms with Crippen LogP contribution in [0.15, 0.2) is 36.0 Å². The Morgan fingerprint density at radius 3 is 2.70 bits per heavy atom. The van der Waals surface area contributed by atoms with Gasteiger partial charge in [-0.3, -0.25) is 4.79 Å². The summed E-state index contributed by atoms with van der Waals surface area (Å²) in [7, 11) is 1.25. The fourth-order valence-electron chi connectivity index (χ4n) is 2.98. The second kappa shape index (κ2) is 7.43. The van der Waals surface area contributed by atoms with Gasteiger partial charge >= 0.3 is 5.97 Å². The van der Waals surface area contributed by atoms with Crippen LogP contribution in [-0.2, 0) is 23.9 Å². The van der Waals surface area contributed by atoms with Gasteiger partial charge in [-0.2, -0.15) is 0 Å². The number of nitrogens with one attached hydrogen (secondary N) is 1. The van der Waals surface area contributed by atoms with Crippen molar-refractivity contribution in [2.75, 3.05) is 13.7 Å². The van der Waals surface area contributed by atoms with E-state index in [0.29, 0.717) is 0 Å². The molecule has 144 valence electrons. The summed E-state index contributed by atoms with van der Waals surface area (Å²) in [5.74, 6) is -2.57. The van der Waals surface area contributed by atoms with Crippen LogP contribution >= 0.6 is 0 Å². The Kier molecular flexibility index (Phi) is 5.22. The van der Waals surface area contributed by atoms with E-state index in [0.717, 1.165) is 18.2 Å². The van der Waals surface area contributed by atoms with Crippen molar-refractivity contribution >= 4 is 17.6 Å². The third-order valence-corrected chi connectivity index (χ3v) is 4.46. The lowest BCUT2D eigenvalue weighted by molar-refractivity contribution is -0.151. The zero-order valence-electron chi connectivity index (χ0n) is 14.5. The van der Waals surface area contributed by atoms with Crippen LogP contribution in [-0.4, -0.2) is 49.1 Å². The van der Waals surface area contributed by atoms with E-state index in [1.165, 1.54) is 13.2 Å². The second-order valence-corrected chi connectivity index (χ2v) is 6.31. The summed E-state index contributed by atoms with van der Waals surface area (Å²) >= 11 is 0. The first-order chi connectivity index (χ1) is 12.9. The van der Waals surface area contributed by atoms with Gasteiger partial charge in [-0.1, -0.05) is 11.7 Å². The SMILES string of the molecule is C=C[C@]1(C(=O)NC2CO[C@@H](C(=O)OC)C2)CC(c2cc(F)cc(F)c2)=NO1. The van der Waals surface area contributed by atoms with Crippen LogP contribution in [0.3, 0.4) is 0 Å². The summed E-state index contributed by atoms with van der Waals surface area (Å²) in [6.07, 6.45) is 0.752. The first-order valence-corrected chi connectivity index (χ1v) is 8.22. The van der Waals surface area contributed by atoms with Crippen LogP contribution in [0.1, 0.15) is 18.4 Å². The van der Waals surface area contributed by atoms with Crippen LogP contribution in [0.2, 0.25) is 0 Å². The molecule has 0 radical (unpaired) electrons. The first-order valence-electron chi connectivity index (χ1n) is 8.22. The maximum atomic E-state index is 13.4. The number of halogens is 2. The van der Waals surface area contributed by atoms with Gasteiger partial charge in [0.1, 0.15) is 11.6 Å². The number of benzene rings is 1. The molecule has 0 bridgehead atoms. The summed E-state index contributed by atoms with van der Waals surface area (Å²) in [5, 5.41) is 6.54. The van der Waals surface area contributed by atoms with Crippen molar-refractivity contribution in [3.8, 4) is 0 Å². The van der Waals surface area contributed by atoms with Gasteiger partial charge in [-0.15, -0.1) is 0 Å². The fraction of sp³-hybridized carbons (Fsp3) is 0.389. The summed E-state index contributed by atoms with van der Waals surface area (Å²) in [6.45, 7) is 3.76. The number of esters is 1. The summed E-state index contributed by atoms with van der Waals surface area (Å²) in [4.78, 5) is 29.5. The Hall–Kier alpha value is -2.81. The summed E-state index contributed by atoms with van der Waals surface area (Å²) < 4.78 is 36.8. The molecule has 0 saturated carbocycles. The average Bonchev–Trinajstić information content (AvgIpc) is 3.28. The van der Waals surface area contributed by atoms with E-state index in [4.69, 9.17) is 9.57 Å². The molecule has 1 saturated heterocycles. The van der Waals surface area contributed by atoms with E-state index in [2.05, 4.69) is 21.8 Å². The number of ether oxygens (including phenoxy) is 2. The van der Waals surface area contributed by atoms with Crippen molar-refractivity contribution in [2.45, 2.75) is 30.6 Å². The van der Waals surface area contributed by atoms with Crippen molar-refractivity contribution in [2.24, 2.45) is 5.16 Å². The highest BCUT2D eigenvalue weighted by molar-refractivity contribution is 6.06. The minimum absolute atomic E-state index is 0.0424. The Labute approximate surface area is 154 Å². The number of hydrogen-bond acceptors (Lipinski definition) is 6. The van der Waals surface area contributed by atoms with Gasteiger partial charge in [-0.25, -0.2) is 13.6 Å². The lowest BCUT2D eigenvalue weighted by atomic mass is 9.92. The number of oxime groups is 1. The Balaban J connectivity index is 1.67. The number of methoxy groups -OCH3 is 1. The predicted molar refractivity (Wildman–Crippen MR) is 89.8 cm³/mol. The smallest absolute Gasteiger partial charge is 0.335 e. The van der Waals surface area contributed by atoms with E-state index < -0.39 is 41.3 Å². The number of carbonyl (C=O) groups excluding carboxylic acids is 2. The third kappa shape index (κ3) is 3.82. The van der Waals surface area contributed by atoms with Crippen molar-refractivity contribution < 1.29 is 32.7 Å².